The Bertz CT molecular complexity index is 1430. The minimum absolute atomic E-state index is 0.0344. The van der Waals surface area contributed by atoms with Crippen LogP contribution in [-0.2, 0) is 27.9 Å². The van der Waals surface area contributed by atoms with Gasteiger partial charge in [-0.1, -0.05) is 30.3 Å². The number of fused-ring (bicyclic) bond motifs is 1. The summed E-state index contributed by atoms with van der Waals surface area (Å²) in [6.07, 6.45) is 0. The molecule has 0 spiro atoms. The first-order valence-corrected chi connectivity index (χ1v) is 11.0. The molecule has 0 aliphatic heterocycles. The summed E-state index contributed by atoms with van der Waals surface area (Å²) in [5, 5.41) is 2.55. The molecule has 8 nitrogen and oxygen atoms in total. The molecule has 4 rings (SSSR count). The van der Waals surface area contributed by atoms with Gasteiger partial charge in [0.15, 0.2) is 5.58 Å². The van der Waals surface area contributed by atoms with Crippen molar-refractivity contribution in [3.8, 4) is 0 Å². The molecule has 3 aromatic carbocycles. The van der Waals surface area contributed by atoms with E-state index in [1.807, 2.05) is 6.07 Å². The van der Waals surface area contributed by atoms with Crippen molar-refractivity contribution in [2.24, 2.45) is 0 Å². The van der Waals surface area contributed by atoms with E-state index in [0.29, 0.717) is 5.69 Å². The van der Waals surface area contributed by atoms with Crippen molar-refractivity contribution in [1.82, 2.24) is 9.29 Å². The van der Waals surface area contributed by atoms with Crippen LogP contribution >= 0.6 is 0 Å². The Morgan fingerprint density at radius 3 is 2.44 bits per heavy atom. The van der Waals surface area contributed by atoms with Crippen LogP contribution in [0.5, 0.6) is 0 Å². The molecule has 0 radical (unpaired) electrons. The second-order valence-corrected chi connectivity index (χ2v) is 8.72. The summed E-state index contributed by atoms with van der Waals surface area (Å²) in [6, 6.07) is 18.2. The van der Waals surface area contributed by atoms with Gasteiger partial charge in [0.1, 0.15) is 12.4 Å². The van der Waals surface area contributed by atoms with Crippen molar-refractivity contribution < 1.29 is 22.0 Å². The molecule has 32 heavy (non-hydrogen) atoms. The van der Waals surface area contributed by atoms with Crippen molar-refractivity contribution in [1.29, 1.82) is 0 Å². The lowest BCUT2D eigenvalue weighted by Crippen LogP contribution is -2.25. The van der Waals surface area contributed by atoms with E-state index >= 15 is 0 Å². The smallest absolute Gasteiger partial charge is 0.408 e. The quantitative estimate of drug-likeness (QED) is 0.445. The molecule has 0 unspecified atom stereocenters. The van der Waals surface area contributed by atoms with Gasteiger partial charge in [0.2, 0.25) is 15.9 Å². The summed E-state index contributed by atoms with van der Waals surface area (Å²) in [7, 11) is -3.85. The van der Waals surface area contributed by atoms with E-state index in [1.54, 1.807) is 24.3 Å². The Hall–Kier alpha value is -3.76. The number of hydrogen-bond acceptors (Lipinski definition) is 5. The fourth-order valence-corrected chi connectivity index (χ4v) is 4.13. The predicted molar refractivity (Wildman–Crippen MR) is 116 cm³/mol. The molecule has 10 heteroatoms. The lowest BCUT2D eigenvalue weighted by atomic mass is 10.2. The number of nitrogens with one attached hydrogen (secondary N) is 2. The summed E-state index contributed by atoms with van der Waals surface area (Å²) in [6.45, 7) is -0.253. The molecule has 164 valence electrons. The molecular formula is C22H18FN3O5S. The number of nitrogens with zero attached hydrogens (tertiary/aromatic N) is 1. The summed E-state index contributed by atoms with van der Waals surface area (Å²) < 4.78 is 47.0. The molecule has 0 aliphatic carbocycles. The highest BCUT2D eigenvalue weighted by atomic mass is 32.2. The molecule has 1 amide bonds. The average molecular weight is 455 g/mol. The monoisotopic (exact) mass is 455 g/mol. The number of benzene rings is 3. The summed E-state index contributed by atoms with van der Waals surface area (Å²) in [4.78, 5) is 24.5. The van der Waals surface area contributed by atoms with Crippen LogP contribution in [0.3, 0.4) is 0 Å². The number of hydrogen-bond donors (Lipinski definition) is 2. The van der Waals surface area contributed by atoms with Crippen LogP contribution in [0, 0.1) is 5.82 Å². The van der Waals surface area contributed by atoms with Crippen molar-refractivity contribution >= 4 is 32.7 Å². The third-order valence-electron chi connectivity index (χ3n) is 4.69. The molecule has 0 aliphatic rings. The molecule has 0 saturated heterocycles. The molecule has 0 saturated carbocycles. The summed E-state index contributed by atoms with van der Waals surface area (Å²) in [5.74, 6) is -1.77. The topological polar surface area (TPSA) is 110 Å². The minimum atomic E-state index is -3.85. The van der Waals surface area contributed by atoms with E-state index in [4.69, 9.17) is 4.42 Å². The van der Waals surface area contributed by atoms with Crippen LogP contribution in [0.2, 0.25) is 0 Å². The maximum absolute atomic E-state index is 13.0. The first kappa shape index (κ1) is 21.5. The number of oxazole rings is 1. The first-order chi connectivity index (χ1) is 15.3. The van der Waals surface area contributed by atoms with Gasteiger partial charge < -0.3 is 9.73 Å². The Balaban J connectivity index is 1.52. The number of aromatic nitrogens is 1. The van der Waals surface area contributed by atoms with Crippen LogP contribution in [0.4, 0.5) is 10.1 Å². The summed E-state index contributed by atoms with van der Waals surface area (Å²) >= 11 is 0. The highest BCUT2D eigenvalue weighted by Gasteiger charge is 2.18. The van der Waals surface area contributed by atoms with E-state index < -0.39 is 27.5 Å². The van der Waals surface area contributed by atoms with Gasteiger partial charge in [-0.25, -0.2) is 22.3 Å². The zero-order valence-corrected chi connectivity index (χ0v) is 17.4. The maximum atomic E-state index is 13.0. The van der Waals surface area contributed by atoms with Crippen LogP contribution in [0.15, 0.2) is 86.9 Å². The second kappa shape index (κ2) is 8.77. The lowest BCUT2D eigenvalue weighted by molar-refractivity contribution is -0.116. The van der Waals surface area contributed by atoms with Gasteiger partial charge >= 0.3 is 5.76 Å². The molecule has 0 fully saturated rings. The standard InChI is InChI=1S/C22H18FN3O5S/c23-16-6-8-17(9-7-16)25-21(27)14-26-19-11-10-18(12-20(19)31-22(26)28)32(29,30)24-13-15-4-2-1-3-5-15/h1-12,24H,13-14H2,(H,25,27). The van der Waals surface area contributed by atoms with Crippen LogP contribution in [-0.4, -0.2) is 18.9 Å². The number of anilines is 1. The van der Waals surface area contributed by atoms with Gasteiger partial charge in [0.05, 0.1) is 10.4 Å². The van der Waals surface area contributed by atoms with Gasteiger partial charge in [-0.05, 0) is 42.0 Å². The highest BCUT2D eigenvalue weighted by Crippen LogP contribution is 2.19. The van der Waals surface area contributed by atoms with Gasteiger partial charge in [-0.2, -0.15) is 0 Å². The molecule has 4 aromatic rings. The fourth-order valence-electron chi connectivity index (χ4n) is 3.10. The van der Waals surface area contributed by atoms with Gasteiger partial charge in [-0.15, -0.1) is 0 Å². The van der Waals surface area contributed by atoms with Crippen molar-refractivity contribution in [2.75, 3.05) is 5.32 Å². The number of amides is 1. The maximum Gasteiger partial charge on any atom is 0.420 e. The summed E-state index contributed by atoms with van der Waals surface area (Å²) in [5.41, 5.74) is 1.47. The normalized spacial score (nSPS) is 11.5. The van der Waals surface area contributed by atoms with Crippen molar-refractivity contribution in [2.45, 2.75) is 18.0 Å². The minimum Gasteiger partial charge on any atom is -0.408 e. The van der Waals surface area contributed by atoms with Gasteiger partial charge in [0, 0.05) is 18.3 Å². The van der Waals surface area contributed by atoms with E-state index in [-0.39, 0.29) is 29.1 Å². The zero-order chi connectivity index (χ0) is 22.7. The Labute approximate surface area is 182 Å². The average Bonchev–Trinajstić information content (AvgIpc) is 3.09. The van der Waals surface area contributed by atoms with Crippen molar-refractivity contribution in [3.63, 3.8) is 0 Å². The highest BCUT2D eigenvalue weighted by molar-refractivity contribution is 7.89. The Morgan fingerprint density at radius 2 is 1.72 bits per heavy atom. The van der Waals surface area contributed by atoms with E-state index in [2.05, 4.69) is 10.0 Å². The Morgan fingerprint density at radius 1 is 1.00 bits per heavy atom. The number of carbonyl (C=O) groups excluding carboxylic acids is 1. The van der Waals surface area contributed by atoms with E-state index in [9.17, 15) is 22.4 Å². The second-order valence-electron chi connectivity index (χ2n) is 6.95. The molecule has 2 N–H and O–H groups in total. The number of carbonyl (C=O) groups is 1. The van der Waals surface area contributed by atoms with E-state index in [0.717, 1.165) is 10.1 Å². The molecule has 1 aromatic heterocycles. The van der Waals surface area contributed by atoms with Crippen molar-refractivity contribution in [3.05, 3.63) is 94.7 Å². The van der Waals surface area contributed by atoms with Crippen LogP contribution < -0.4 is 15.8 Å². The fraction of sp³-hybridized carbons (Fsp3) is 0.0909. The predicted octanol–water partition coefficient (Wildman–Crippen LogP) is 2.85. The molecule has 0 bridgehead atoms. The van der Waals surface area contributed by atoms with Crippen LogP contribution in [0.25, 0.3) is 11.1 Å². The lowest BCUT2D eigenvalue weighted by Gasteiger charge is -2.08. The molecular weight excluding hydrogens is 437 g/mol. The third kappa shape index (κ3) is 4.76. The molecule has 0 atom stereocenters. The SMILES string of the molecule is O=C(Cn1c(=O)oc2cc(S(=O)(=O)NCc3ccccc3)ccc21)Nc1ccc(F)cc1. The molecule has 1 heterocycles. The van der Waals surface area contributed by atoms with Crippen LogP contribution in [0.1, 0.15) is 5.56 Å². The first-order valence-electron chi connectivity index (χ1n) is 9.54. The number of rotatable bonds is 7. The number of sulfonamides is 1. The zero-order valence-electron chi connectivity index (χ0n) is 16.6. The Kier molecular flexibility index (Phi) is 5.89. The van der Waals surface area contributed by atoms with Gasteiger partial charge in [-0.3, -0.25) is 9.36 Å². The largest absolute Gasteiger partial charge is 0.420 e. The van der Waals surface area contributed by atoms with Gasteiger partial charge in [0.25, 0.3) is 0 Å². The number of halogens is 1. The third-order valence-corrected chi connectivity index (χ3v) is 6.09. The van der Waals surface area contributed by atoms with E-state index in [1.165, 1.54) is 42.5 Å².